The van der Waals surface area contributed by atoms with E-state index in [1.807, 2.05) is 54.4 Å². The van der Waals surface area contributed by atoms with Gasteiger partial charge in [0.1, 0.15) is 12.4 Å². The molecular weight excluding hydrogens is 617 g/mol. The summed E-state index contributed by atoms with van der Waals surface area (Å²) in [5.74, 6) is 7.20. The zero-order valence-electron chi connectivity index (χ0n) is 27.7. The minimum atomic E-state index is -0.450. The highest BCUT2D eigenvalue weighted by atomic mass is 19.1. The van der Waals surface area contributed by atoms with Crippen LogP contribution in [0, 0.1) is 17.7 Å². The van der Waals surface area contributed by atoms with Gasteiger partial charge in [0, 0.05) is 73.6 Å². The molecule has 1 fully saturated rings. The van der Waals surface area contributed by atoms with Gasteiger partial charge in [0.25, 0.3) is 5.91 Å². The van der Waals surface area contributed by atoms with Gasteiger partial charge in [-0.25, -0.2) is 14.4 Å². The van der Waals surface area contributed by atoms with Crippen molar-refractivity contribution in [1.29, 1.82) is 0 Å². The molecule has 3 aromatic carbocycles. The van der Waals surface area contributed by atoms with E-state index in [4.69, 9.17) is 14.7 Å². The minimum Gasteiger partial charge on any atom is -0.486 e. The molecule has 0 atom stereocenters. The van der Waals surface area contributed by atoms with Crippen molar-refractivity contribution in [3.8, 4) is 29.0 Å². The highest BCUT2D eigenvalue weighted by Crippen LogP contribution is 2.29. The molecule has 0 radical (unpaired) electrons. The number of carbonyl (C=O) groups is 1. The molecule has 1 saturated heterocycles. The Hall–Kier alpha value is -5.37. The molecule has 1 N–H and O–H groups in total. The average Bonchev–Trinajstić information content (AvgIpc) is 3.14. The van der Waals surface area contributed by atoms with Crippen LogP contribution in [0.5, 0.6) is 5.75 Å². The van der Waals surface area contributed by atoms with Gasteiger partial charge in [-0.05, 0) is 61.5 Å². The number of halogens is 1. The molecule has 10 heteroatoms. The van der Waals surface area contributed by atoms with E-state index in [0.717, 1.165) is 65.3 Å². The Morgan fingerprint density at radius 3 is 2.59 bits per heavy atom. The number of benzene rings is 3. The van der Waals surface area contributed by atoms with Crippen molar-refractivity contribution in [2.45, 2.75) is 19.6 Å². The fourth-order valence-electron chi connectivity index (χ4n) is 6.18. The number of aromatic nitrogens is 3. The maximum atomic E-state index is 14.8. The quantitative estimate of drug-likeness (QED) is 0.238. The van der Waals surface area contributed by atoms with Gasteiger partial charge in [-0.1, -0.05) is 42.2 Å². The molecule has 248 valence electrons. The average molecular weight is 656 g/mol. The van der Waals surface area contributed by atoms with Gasteiger partial charge in [0.05, 0.1) is 24.3 Å². The van der Waals surface area contributed by atoms with Crippen molar-refractivity contribution in [2.24, 2.45) is 0 Å². The summed E-state index contributed by atoms with van der Waals surface area (Å²) < 4.78 is 20.6. The van der Waals surface area contributed by atoms with Crippen LogP contribution in [0.2, 0.25) is 0 Å². The van der Waals surface area contributed by atoms with Gasteiger partial charge >= 0.3 is 0 Å². The fourth-order valence-corrected chi connectivity index (χ4v) is 6.18. The smallest absolute Gasteiger partial charge is 0.254 e. The predicted octanol–water partition coefficient (Wildman–Crippen LogP) is 5.25. The molecule has 0 spiro atoms. The van der Waals surface area contributed by atoms with Crippen LogP contribution in [0.15, 0.2) is 79.0 Å². The largest absolute Gasteiger partial charge is 0.486 e. The van der Waals surface area contributed by atoms with Crippen LogP contribution in [0.3, 0.4) is 0 Å². The van der Waals surface area contributed by atoms with E-state index in [0.29, 0.717) is 43.0 Å². The summed E-state index contributed by atoms with van der Waals surface area (Å²) in [6.07, 6.45) is 2.43. The second-order valence-corrected chi connectivity index (χ2v) is 12.5. The van der Waals surface area contributed by atoms with Gasteiger partial charge < -0.3 is 19.9 Å². The molecule has 4 heterocycles. The molecular formula is C39H38FN7O2. The number of hydrogen-bond acceptors (Lipinski definition) is 8. The third-order valence-electron chi connectivity index (χ3n) is 9.10. The van der Waals surface area contributed by atoms with Crippen molar-refractivity contribution in [1.82, 2.24) is 29.7 Å². The number of hydrogen-bond donors (Lipinski definition) is 1. The molecule has 1 amide bonds. The van der Waals surface area contributed by atoms with E-state index in [1.165, 1.54) is 6.07 Å². The first-order valence-corrected chi connectivity index (χ1v) is 16.6. The van der Waals surface area contributed by atoms with Crippen LogP contribution in [-0.2, 0) is 19.6 Å². The summed E-state index contributed by atoms with van der Waals surface area (Å²) in [7, 11) is 3.97. The summed E-state index contributed by atoms with van der Waals surface area (Å²) >= 11 is 0. The van der Waals surface area contributed by atoms with E-state index in [2.05, 4.69) is 39.0 Å². The monoisotopic (exact) mass is 655 g/mol. The van der Waals surface area contributed by atoms with E-state index < -0.39 is 5.82 Å². The molecule has 0 aliphatic carbocycles. The number of ether oxygens (including phenoxy) is 1. The van der Waals surface area contributed by atoms with Gasteiger partial charge in [-0.2, -0.15) is 0 Å². The Labute approximate surface area is 285 Å². The third kappa shape index (κ3) is 7.38. The molecule has 0 bridgehead atoms. The normalized spacial score (nSPS) is 15.0. The van der Waals surface area contributed by atoms with Crippen molar-refractivity contribution in [2.75, 3.05) is 58.7 Å². The molecule has 7 rings (SSSR count). The Morgan fingerprint density at radius 2 is 1.80 bits per heavy atom. The van der Waals surface area contributed by atoms with Gasteiger partial charge in [0.15, 0.2) is 17.4 Å². The Morgan fingerprint density at radius 1 is 0.980 bits per heavy atom. The van der Waals surface area contributed by atoms with Crippen molar-refractivity contribution >= 4 is 22.6 Å². The molecule has 0 unspecified atom stereocenters. The standard InChI is InChI=1S/C39H38FN7O2/c1-41-38-32-15-17-47(25-35(32)43-37(44-38)31-23-30-7-3-4-8-34(30)42-24-31)39(48)29-12-9-28(10-13-29)26-49-36-14-11-27(22-33(36)40)6-5-16-46-20-18-45(2)19-21-46/h3-4,7-14,22-24H,15-21,25-26H2,1-2H3,(H,41,43,44). The zero-order chi connectivity index (χ0) is 33.7. The third-order valence-corrected chi connectivity index (χ3v) is 9.10. The number of fused-ring (bicyclic) bond motifs is 2. The number of nitrogens with one attached hydrogen (secondary N) is 1. The van der Waals surface area contributed by atoms with Gasteiger partial charge in [-0.15, -0.1) is 0 Å². The molecule has 2 aliphatic rings. The van der Waals surface area contributed by atoms with E-state index in [9.17, 15) is 9.18 Å². The molecule has 0 saturated carbocycles. The van der Waals surface area contributed by atoms with Crippen LogP contribution >= 0.6 is 0 Å². The highest BCUT2D eigenvalue weighted by molar-refractivity contribution is 5.94. The first kappa shape index (κ1) is 32.2. The van der Waals surface area contributed by atoms with Crippen molar-refractivity contribution in [3.05, 3.63) is 113 Å². The van der Waals surface area contributed by atoms with Crippen LogP contribution in [-0.4, -0.2) is 88.9 Å². The van der Waals surface area contributed by atoms with E-state index in [1.54, 1.807) is 30.5 Å². The summed E-state index contributed by atoms with van der Waals surface area (Å²) in [5, 5.41) is 4.23. The second-order valence-electron chi connectivity index (χ2n) is 12.5. The van der Waals surface area contributed by atoms with Crippen molar-refractivity contribution in [3.63, 3.8) is 0 Å². The maximum Gasteiger partial charge on any atom is 0.254 e. The summed E-state index contributed by atoms with van der Waals surface area (Å²) in [4.78, 5) is 34.3. The summed E-state index contributed by atoms with van der Waals surface area (Å²) in [6, 6.07) is 22.0. The Kier molecular flexibility index (Phi) is 9.46. The summed E-state index contributed by atoms with van der Waals surface area (Å²) in [6.45, 7) is 5.84. The molecule has 49 heavy (non-hydrogen) atoms. The number of piperazine rings is 1. The predicted molar refractivity (Wildman–Crippen MR) is 189 cm³/mol. The summed E-state index contributed by atoms with van der Waals surface area (Å²) in [5.41, 5.74) is 5.59. The van der Waals surface area contributed by atoms with Gasteiger partial charge in [0.2, 0.25) is 0 Å². The van der Waals surface area contributed by atoms with E-state index in [-0.39, 0.29) is 18.3 Å². The lowest BCUT2D eigenvalue weighted by Crippen LogP contribution is -2.44. The fraction of sp³-hybridized carbons (Fsp3) is 0.282. The van der Waals surface area contributed by atoms with Crippen molar-refractivity contribution < 1.29 is 13.9 Å². The number of carbonyl (C=O) groups excluding carboxylic acids is 1. The second kappa shape index (κ2) is 14.4. The lowest BCUT2D eigenvalue weighted by Gasteiger charge is -2.30. The highest BCUT2D eigenvalue weighted by Gasteiger charge is 2.26. The van der Waals surface area contributed by atoms with Crippen LogP contribution in [0.25, 0.3) is 22.3 Å². The van der Waals surface area contributed by atoms with Crippen LogP contribution in [0.4, 0.5) is 10.2 Å². The number of para-hydroxylation sites is 1. The lowest BCUT2D eigenvalue weighted by atomic mass is 10.0. The van der Waals surface area contributed by atoms with Crippen LogP contribution < -0.4 is 10.1 Å². The number of pyridine rings is 1. The molecule has 9 nitrogen and oxygen atoms in total. The SMILES string of the molecule is CNc1nc(-c2cnc3ccccc3c2)nc2c1CCN(C(=O)c1ccc(COc3ccc(C#CCN4CCN(C)CC4)cc3F)cc1)C2. The Balaban J connectivity index is 0.973. The topological polar surface area (TPSA) is 86.7 Å². The molecule has 2 aliphatic heterocycles. The number of nitrogens with zero attached hydrogens (tertiary/aromatic N) is 6. The maximum absolute atomic E-state index is 14.8. The number of amides is 1. The lowest BCUT2D eigenvalue weighted by molar-refractivity contribution is 0.0732. The first-order chi connectivity index (χ1) is 23.9. The zero-order valence-corrected chi connectivity index (χ0v) is 27.7. The number of anilines is 1. The number of likely N-dealkylation sites (N-methyl/N-ethyl adjacent to an activating group) is 1. The van der Waals surface area contributed by atoms with Crippen LogP contribution in [0.1, 0.15) is 32.7 Å². The Bertz CT molecular complexity index is 2050. The molecule has 2 aromatic heterocycles. The molecule has 5 aromatic rings. The first-order valence-electron chi connectivity index (χ1n) is 16.6. The van der Waals surface area contributed by atoms with E-state index >= 15 is 0 Å². The minimum absolute atomic E-state index is 0.0768. The number of rotatable bonds is 7. The van der Waals surface area contributed by atoms with Gasteiger partial charge in [-0.3, -0.25) is 14.7 Å².